The molecule has 0 atom stereocenters. The lowest BCUT2D eigenvalue weighted by Gasteiger charge is -2.25. The minimum Gasteiger partial charge on any atom is -0.372 e. The molecule has 0 heterocycles. The molecule has 3 aromatic rings. The van der Waals surface area contributed by atoms with Gasteiger partial charge in [-0.1, -0.05) is 180 Å². The monoisotopic (exact) mass is 1050 g/mol. The number of carbonyl (C=O) groups excluding carboxylic acids is 1. The molecule has 3 aromatic carbocycles. The van der Waals surface area contributed by atoms with Gasteiger partial charge in [-0.05, 0) is 120 Å². The van der Waals surface area contributed by atoms with Crippen LogP contribution in [0.5, 0.6) is 0 Å². The van der Waals surface area contributed by atoms with E-state index < -0.39 is 16.0 Å². The van der Waals surface area contributed by atoms with E-state index in [2.05, 4.69) is 110 Å². The molecule has 0 unspecified atom stereocenters. The first-order valence-corrected chi connectivity index (χ1v) is 32.5. The van der Waals surface area contributed by atoms with Gasteiger partial charge in [0.1, 0.15) is 0 Å². The fraction of sp³-hybridized carbons (Fsp3) is 0.641. The van der Waals surface area contributed by atoms with E-state index in [0.29, 0.717) is 35.5 Å². The molecule has 0 aliphatic rings. The smallest absolute Gasteiger partial charge is 0.335 e. The predicted octanol–water partition coefficient (Wildman–Crippen LogP) is 18.8. The summed E-state index contributed by atoms with van der Waals surface area (Å²) in [5, 5.41) is 0. The average Bonchev–Trinajstić information content (AvgIpc) is 3.40. The molecule has 0 saturated carbocycles. The summed E-state index contributed by atoms with van der Waals surface area (Å²) in [6.45, 7) is 21.7. The second-order valence-electron chi connectivity index (χ2n) is 19.7. The van der Waals surface area contributed by atoms with Gasteiger partial charge < -0.3 is 27.9 Å². The van der Waals surface area contributed by atoms with E-state index >= 15 is 0 Å². The highest BCUT2D eigenvalue weighted by atomic mass is 31.2. The van der Waals surface area contributed by atoms with E-state index in [1.807, 2.05) is 33.8 Å². The fourth-order valence-electron chi connectivity index (χ4n) is 9.25. The molecule has 0 bridgehead atoms. The van der Waals surface area contributed by atoms with Crippen LogP contribution in [-0.2, 0) is 28.8 Å². The fourth-order valence-corrected chi connectivity index (χ4v) is 12.1. The van der Waals surface area contributed by atoms with Crippen molar-refractivity contribution in [2.24, 2.45) is 0 Å². The van der Waals surface area contributed by atoms with E-state index in [9.17, 15) is 9.36 Å². The average molecular weight is 1060 g/mol. The Bertz CT molecular complexity index is 2070. The van der Waals surface area contributed by atoms with Crippen LogP contribution in [0.3, 0.4) is 0 Å². The van der Waals surface area contributed by atoms with Crippen molar-refractivity contribution in [3.8, 4) is 23.7 Å². The number of benzene rings is 3. The summed E-state index contributed by atoms with van der Waals surface area (Å²) in [6, 6.07) is 20.7. The minimum atomic E-state index is -3.60. The number of nitrogens with zero attached hydrogens (tertiary/aromatic N) is 2. The van der Waals surface area contributed by atoms with Crippen LogP contribution >= 0.6 is 16.0 Å². The molecular formula is C64H100N2O6P2. The van der Waals surface area contributed by atoms with E-state index in [0.717, 1.165) is 37.3 Å². The molecule has 0 radical (unpaired) electrons. The molecule has 74 heavy (non-hydrogen) atoms. The maximum atomic E-state index is 14.6. The highest BCUT2D eigenvalue weighted by Gasteiger charge is 2.29. The first kappa shape index (κ1) is 64.8. The van der Waals surface area contributed by atoms with Gasteiger partial charge in [0.2, 0.25) is 13.9 Å². The van der Waals surface area contributed by atoms with Gasteiger partial charge in [-0.2, -0.15) is 0 Å². The summed E-state index contributed by atoms with van der Waals surface area (Å²) in [5.41, 5.74) is 5.87. The molecule has 0 aromatic heterocycles. The van der Waals surface area contributed by atoms with Crippen LogP contribution in [0.2, 0.25) is 0 Å². The van der Waals surface area contributed by atoms with Gasteiger partial charge in [0.25, 0.3) is 0 Å². The number of unbranched alkanes of at least 4 members (excludes halogenated alkanes) is 20. The normalized spacial score (nSPS) is 11.4. The number of hydrogen-bond donors (Lipinski definition) is 0. The van der Waals surface area contributed by atoms with Gasteiger partial charge in [-0.25, -0.2) is 0 Å². The van der Waals surface area contributed by atoms with Gasteiger partial charge in [0.05, 0.1) is 32.6 Å². The van der Waals surface area contributed by atoms with Crippen molar-refractivity contribution in [1.29, 1.82) is 0 Å². The standard InChI is InChI=1S/C64H100N2O6P2/c1-9-17-21-25-29-33-49-65(50-34-30-26-22-18-10-2)61-45-39-56(40-46-61)37-43-58-54-63(64(67)73(69-13-5)70-14-6)59(53-60(58)55-74(68,71-15-7)72-16-8)44-38-57-41-47-62(48-42-57)66(51-35-31-27-23-19-11-3)52-36-32-28-24-20-12-4/h39-42,45-48,53-54H,9-36,49-52,55H2,1-8H3. The SMILES string of the molecule is CCCCCCCCN(CCCCCCCC)c1ccc(C#Cc2cc(C(=O)P(OCC)OCC)c(C#Cc3ccc(N(CCCCCCCC)CCCCCCCC)cc3)cc2CP(=O)(OCC)OCC)cc1. The molecule has 8 nitrogen and oxygen atoms in total. The van der Waals surface area contributed by atoms with Crippen molar-refractivity contribution in [2.75, 3.05) is 62.4 Å². The third-order valence-electron chi connectivity index (χ3n) is 13.4. The Hall–Kier alpha value is -3.45. The van der Waals surface area contributed by atoms with Crippen molar-refractivity contribution < 1.29 is 27.5 Å². The molecule has 0 amide bonds. The van der Waals surface area contributed by atoms with Crippen molar-refractivity contribution in [3.05, 3.63) is 94.0 Å². The Labute approximate surface area is 454 Å². The number of hydrogen-bond acceptors (Lipinski definition) is 8. The van der Waals surface area contributed by atoms with Crippen LogP contribution in [0.15, 0.2) is 60.7 Å². The molecule has 10 heteroatoms. The summed E-state index contributed by atoms with van der Waals surface area (Å²) in [5.74, 6) is 13.5. The molecule has 0 aliphatic heterocycles. The van der Waals surface area contributed by atoms with Crippen molar-refractivity contribution in [2.45, 2.75) is 216 Å². The van der Waals surface area contributed by atoms with E-state index in [1.54, 1.807) is 6.07 Å². The third kappa shape index (κ3) is 26.1. The molecule has 0 fully saturated rings. The van der Waals surface area contributed by atoms with Crippen molar-refractivity contribution in [1.82, 2.24) is 0 Å². The zero-order chi connectivity index (χ0) is 53.5. The Kier molecular flexibility index (Phi) is 35.7. The number of anilines is 2. The minimum absolute atomic E-state index is 0.0277. The molecule has 412 valence electrons. The number of carbonyl (C=O) groups is 1. The Morgan fingerprint density at radius 2 is 0.797 bits per heavy atom. The molecule has 0 N–H and O–H groups in total. The zero-order valence-electron chi connectivity index (χ0n) is 47.8. The summed E-state index contributed by atoms with van der Waals surface area (Å²) in [4.78, 5) is 19.7. The van der Waals surface area contributed by atoms with Gasteiger partial charge in [0, 0.05) is 65.4 Å². The molecule has 0 spiro atoms. The Morgan fingerprint density at radius 3 is 1.15 bits per heavy atom. The lowest BCUT2D eigenvalue weighted by Crippen LogP contribution is -2.25. The lowest BCUT2D eigenvalue weighted by atomic mass is 9.99. The first-order valence-electron chi connectivity index (χ1n) is 29.6. The van der Waals surface area contributed by atoms with Crippen molar-refractivity contribution >= 4 is 32.9 Å². The maximum Gasteiger partial charge on any atom is 0.335 e. The van der Waals surface area contributed by atoms with Gasteiger partial charge >= 0.3 is 7.60 Å². The molecule has 0 saturated heterocycles. The Balaban J connectivity index is 2.08. The van der Waals surface area contributed by atoms with E-state index in [-0.39, 0.29) is 24.9 Å². The van der Waals surface area contributed by atoms with Crippen LogP contribution in [-0.4, -0.2) is 58.1 Å². The first-order chi connectivity index (χ1) is 36.2. The summed E-state index contributed by atoms with van der Waals surface area (Å²) in [6.07, 6.45) is 30.5. The zero-order valence-corrected chi connectivity index (χ0v) is 49.6. The van der Waals surface area contributed by atoms with Crippen molar-refractivity contribution in [3.63, 3.8) is 0 Å². The Morgan fingerprint density at radius 1 is 0.446 bits per heavy atom. The summed E-state index contributed by atoms with van der Waals surface area (Å²) < 4.78 is 37.8. The quantitative estimate of drug-likeness (QED) is 0.0315. The van der Waals surface area contributed by atoms with Gasteiger partial charge in [0.15, 0.2) is 0 Å². The highest BCUT2D eigenvalue weighted by Crippen LogP contribution is 2.52. The van der Waals surface area contributed by atoms with Crippen LogP contribution in [0.1, 0.15) is 248 Å². The van der Waals surface area contributed by atoms with Gasteiger partial charge in [-0.15, -0.1) is 0 Å². The van der Waals surface area contributed by atoms with Crippen LogP contribution in [0.25, 0.3) is 0 Å². The largest absolute Gasteiger partial charge is 0.372 e. The lowest BCUT2D eigenvalue weighted by molar-refractivity contribution is 0.103. The van der Waals surface area contributed by atoms with Crippen LogP contribution < -0.4 is 9.80 Å². The topological polar surface area (TPSA) is 77.5 Å². The summed E-state index contributed by atoms with van der Waals surface area (Å²) in [7, 11) is -5.52. The number of rotatable bonds is 42. The maximum absolute atomic E-state index is 14.6. The molecule has 3 rings (SSSR count). The molecule has 0 aliphatic carbocycles. The van der Waals surface area contributed by atoms with Crippen LogP contribution in [0.4, 0.5) is 11.4 Å². The van der Waals surface area contributed by atoms with E-state index in [1.165, 1.54) is 165 Å². The second-order valence-corrected chi connectivity index (χ2v) is 23.2. The predicted molar refractivity (Wildman–Crippen MR) is 318 cm³/mol. The third-order valence-corrected chi connectivity index (χ3v) is 17.0. The summed E-state index contributed by atoms with van der Waals surface area (Å²) >= 11 is 0. The van der Waals surface area contributed by atoms with Crippen LogP contribution in [0, 0.1) is 23.7 Å². The van der Waals surface area contributed by atoms with Gasteiger partial charge in [-0.3, -0.25) is 9.36 Å². The van der Waals surface area contributed by atoms with E-state index in [4.69, 9.17) is 18.1 Å². The second kappa shape index (κ2) is 40.8. The molecular weight excluding hydrogens is 955 g/mol. The highest BCUT2D eigenvalue weighted by molar-refractivity contribution is 7.66.